The van der Waals surface area contributed by atoms with Crippen molar-refractivity contribution >= 4 is 5.91 Å². The van der Waals surface area contributed by atoms with Gasteiger partial charge in [0.15, 0.2) is 11.5 Å². The maximum atomic E-state index is 12.3. The lowest BCUT2D eigenvalue weighted by Crippen LogP contribution is -2.28. The summed E-state index contributed by atoms with van der Waals surface area (Å²) in [5.41, 5.74) is 3.96. The third-order valence-electron chi connectivity index (χ3n) is 5.45. The van der Waals surface area contributed by atoms with Gasteiger partial charge in [-0.15, -0.1) is 0 Å². The van der Waals surface area contributed by atoms with Gasteiger partial charge in [0, 0.05) is 18.4 Å². The molecule has 4 rings (SSSR count). The molecule has 3 atom stereocenters. The first kappa shape index (κ1) is 16.0. The molecule has 0 aliphatic heterocycles. The highest BCUT2D eigenvalue weighted by Crippen LogP contribution is 2.56. The van der Waals surface area contributed by atoms with Crippen molar-refractivity contribution in [1.29, 1.82) is 0 Å². The van der Waals surface area contributed by atoms with Crippen LogP contribution < -0.4 is 14.8 Å². The normalized spacial score (nSPS) is 22.7. The minimum Gasteiger partial charge on any atom is -0.493 e. The summed E-state index contributed by atoms with van der Waals surface area (Å²) in [4.78, 5) is 12.3. The summed E-state index contributed by atoms with van der Waals surface area (Å²) < 4.78 is 10.6. The van der Waals surface area contributed by atoms with E-state index in [2.05, 4.69) is 29.6 Å². The molecule has 2 aliphatic carbocycles. The molecule has 2 aromatic carbocycles. The molecule has 0 saturated heterocycles. The molecule has 1 N–H and O–H groups in total. The van der Waals surface area contributed by atoms with Crippen LogP contribution in [0.4, 0.5) is 0 Å². The first-order chi connectivity index (χ1) is 12.2. The quantitative estimate of drug-likeness (QED) is 0.881. The number of fused-ring (bicyclic) bond motifs is 3. The fourth-order valence-electron chi connectivity index (χ4n) is 4.10. The van der Waals surface area contributed by atoms with Gasteiger partial charge in [0.25, 0.3) is 0 Å². The number of hydrogen-bond acceptors (Lipinski definition) is 3. The Morgan fingerprint density at radius 3 is 2.72 bits per heavy atom. The molecule has 0 bridgehead atoms. The van der Waals surface area contributed by atoms with Crippen LogP contribution in [0.3, 0.4) is 0 Å². The summed E-state index contributed by atoms with van der Waals surface area (Å²) in [6.07, 6.45) is 2.29. The number of ether oxygens (including phenoxy) is 2. The van der Waals surface area contributed by atoms with Crippen LogP contribution in [0.2, 0.25) is 0 Å². The molecule has 0 radical (unpaired) electrons. The zero-order valence-corrected chi connectivity index (χ0v) is 14.6. The smallest absolute Gasteiger partial charge is 0.220 e. The number of amides is 1. The minimum absolute atomic E-state index is 0.131. The van der Waals surface area contributed by atoms with Gasteiger partial charge in [-0.3, -0.25) is 4.79 Å². The predicted octanol–water partition coefficient (Wildman–Crippen LogP) is 3.09. The molecule has 0 unspecified atom stereocenters. The Morgan fingerprint density at radius 1 is 1.12 bits per heavy atom. The Labute approximate surface area is 148 Å². The average Bonchev–Trinajstić information content (AvgIpc) is 3.15. The number of carbonyl (C=O) groups excluding carboxylic acids is 1. The van der Waals surface area contributed by atoms with Crippen LogP contribution in [0.15, 0.2) is 42.5 Å². The predicted molar refractivity (Wildman–Crippen MR) is 96.2 cm³/mol. The fourth-order valence-corrected chi connectivity index (χ4v) is 4.10. The third kappa shape index (κ3) is 2.97. The van der Waals surface area contributed by atoms with E-state index >= 15 is 0 Å². The lowest BCUT2D eigenvalue weighted by molar-refractivity contribution is -0.121. The molecule has 25 heavy (non-hydrogen) atoms. The topological polar surface area (TPSA) is 47.6 Å². The molecule has 4 nitrogen and oxygen atoms in total. The lowest BCUT2D eigenvalue weighted by atomic mass is 10.0. The Balaban J connectivity index is 1.31. The molecule has 1 amide bonds. The number of aryl methyl sites for hydroxylation is 1. The molecule has 2 aliphatic rings. The summed E-state index contributed by atoms with van der Waals surface area (Å²) in [5.74, 6) is 2.67. The number of methoxy groups -OCH3 is 2. The SMILES string of the molecule is COc1ccc(CCC(=O)N[C@@H]2[C@@H]3Cc4ccccc4[C@H]32)cc1OC. The van der Waals surface area contributed by atoms with E-state index in [0.29, 0.717) is 42.2 Å². The van der Waals surface area contributed by atoms with Crippen molar-refractivity contribution in [3.05, 3.63) is 59.2 Å². The summed E-state index contributed by atoms with van der Waals surface area (Å²) in [6, 6.07) is 14.7. The number of benzene rings is 2. The molecule has 4 heteroatoms. The lowest BCUT2D eigenvalue weighted by Gasteiger charge is -2.11. The molecule has 0 heterocycles. The van der Waals surface area contributed by atoms with Crippen molar-refractivity contribution in [1.82, 2.24) is 5.32 Å². The molecular weight excluding hydrogens is 314 g/mol. The summed E-state index contributed by atoms with van der Waals surface area (Å²) in [7, 11) is 3.24. The molecule has 0 aromatic heterocycles. The van der Waals surface area contributed by atoms with Crippen molar-refractivity contribution in [2.75, 3.05) is 14.2 Å². The van der Waals surface area contributed by atoms with Crippen molar-refractivity contribution in [2.24, 2.45) is 5.92 Å². The van der Waals surface area contributed by atoms with Crippen LogP contribution in [0, 0.1) is 5.92 Å². The van der Waals surface area contributed by atoms with Crippen LogP contribution in [0.5, 0.6) is 11.5 Å². The van der Waals surface area contributed by atoms with Gasteiger partial charge < -0.3 is 14.8 Å². The zero-order chi connectivity index (χ0) is 17.4. The summed E-state index contributed by atoms with van der Waals surface area (Å²) in [6.45, 7) is 0. The highest BCUT2D eigenvalue weighted by Gasteiger charge is 2.56. The van der Waals surface area contributed by atoms with Crippen molar-refractivity contribution < 1.29 is 14.3 Å². The summed E-state index contributed by atoms with van der Waals surface area (Å²) in [5, 5.41) is 3.22. The molecule has 2 aromatic rings. The van der Waals surface area contributed by atoms with Crippen LogP contribution >= 0.6 is 0 Å². The molecule has 1 saturated carbocycles. The molecular formula is C21H23NO3. The van der Waals surface area contributed by atoms with Gasteiger partial charge in [0.1, 0.15) is 0 Å². The van der Waals surface area contributed by atoms with E-state index in [4.69, 9.17) is 9.47 Å². The van der Waals surface area contributed by atoms with Gasteiger partial charge in [0.2, 0.25) is 5.91 Å². The Hall–Kier alpha value is -2.49. The molecule has 1 fully saturated rings. The number of hydrogen-bond donors (Lipinski definition) is 1. The van der Waals surface area contributed by atoms with Gasteiger partial charge in [-0.05, 0) is 47.6 Å². The maximum absolute atomic E-state index is 12.3. The van der Waals surface area contributed by atoms with Gasteiger partial charge in [-0.1, -0.05) is 30.3 Å². The van der Waals surface area contributed by atoms with Gasteiger partial charge in [-0.25, -0.2) is 0 Å². The molecule has 0 spiro atoms. The van der Waals surface area contributed by atoms with E-state index in [1.807, 2.05) is 18.2 Å². The third-order valence-corrected chi connectivity index (χ3v) is 5.45. The maximum Gasteiger partial charge on any atom is 0.220 e. The van der Waals surface area contributed by atoms with E-state index in [0.717, 1.165) is 12.0 Å². The number of nitrogens with one attached hydrogen (secondary N) is 1. The highest BCUT2D eigenvalue weighted by atomic mass is 16.5. The van der Waals surface area contributed by atoms with Gasteiger partial charge >= 0.3 is 0 Å². The zero-order valence-electron chi connectivity index (χ0n) is 14.6. The summed E-state index contributed by atoms with van der Waals surface area (Å²) >= 11 is 0. The average molecular weight is 337 g/mol. The second-order valence-electron chi connectivity index (χ2n) is 6.88. The van der Waals surface area contributed by atoms with Gasteiger partial charge in [0.05, 0.1) is 14.2 Å². The second-order valence-corrected chi connectivity index (χ2v) is 6.88. The van der Waals surface area contributed by atoms with E-state index in [9.17, 15) is 4.79 Å². The number of rotatable bonds is 6. The van der Waals surface area contributed by atoms with E-state index in [1.165, 1.54) is 11.1 Å². The largest absolute Gasteiger partial charge is 0.493 e. The number of carbonyl (C=O) groups is 1. The van der Waals surface area contributed by atoms with Crippen LogP contribution in [-0.4, -0.2) is 26.2 Å². The van der Waals surface area contributed by atoms with E-state index < -0.39 is 0 Å². The van der Waals surface area contributed by atoms with Crippen molar-refractivity contribution in [2.45, 2.75) is 31.2 Å². The standard InChI is InChI=1S/C21H23NO3/c1-24-17-9-7-13(11-18(17)25-2)8-10-19(23)22-21-16-12-14-5-3-4-6-15(14)20(16)21/h3-7,9,11,16,20-21H,8,10,12H2,1-2H3,(H,22,23)/t16-,20-,21-/m1/s1. The Bertz CT molecular complexity index is 801. The highest BCUT2D eigenvalue weighted by molar-refractivity contribution is 5.77. The monoisotopic (exact) mass is 337 g/mol. The first-order valence-corrected chi connectivity index (χ1v) is 8.79. The van der Waals surface area contributed by atoms with Crippen LogP contribution in [0.1, 0.15) is 29.0 Å². The first-order valence-electron chi connectivity index (χ1n) is 8.79. The second kappa shape index (κ2) is 6.43. The Kier molecular flexibility index (Phi) is 4.12. The Morgan fingerprint density at radius 2 is 1.92 bits per heavy atom. The van der Waals surface area contributed by atoms with Crippen LogP contribution in [-0.2, 0) is 17.6 Å². The van der Waals surface area contributed by atoms with E-state index in [1.54, 1.807) is 14.2 Å². The van der Waals surface area contributed by atoms with E-state index in [-0.39, 0.29) is 5.91 Å². The van der Waals surface area contributed by atoms with Crippen LogP contribution in [0.25, 0.3) is 0 Å². The van der Waals surface area contributed by atoms with Crippen molar-refractivity contribution in [3.63, 3.8) is 0 Å². The minimum atomic E-state index is 0.131. The van der Waals surface area contributed by atoms with Crippen molar-refractivity contribution in [3.8, 4) is 11.5 Å². The molecule has 130 valence electrons. The fraction of sp³-hybridized carbons (Fsp3) is 0.381. The van der Waals surface area contributed by atoms with Gasteiger partial charge in [-0.2, -0.15) is 0 Å².